The Morgan fingerprint density at radius 2 is 1.54 bits per heavy atom. The van der Waals surface area contributed by atoms with Crippen LogP contribution in [0.4, 0.5) is 15.3 Å². The predicted molar refractivity (Wildman–Crippen MR) is 176 cm³/mol. The van der Waals surface area contributed by atoms with Gasteiger partial charge in [-0.15, -0.1) is 0 Å². The van der Waals surface area contributed by atoms with Crippen molar-refractivity contribution in [2.45, 2.75) is 56.2 Å². The molecule has 2 atom stereocenters. The largest absolute Gasteiger partial charge is 0.449 e. The summed E-state index contributed by atoms with van der Waals surface area (Å²) in [6, 6.07) is 16.2. The fraction of sp³-hybridized carbons (Fsp3) is 0.333. The van der Waals surface area contributed by atoms with Gasteiger partial charge in [0.2, 0.25) is 11.8 Å². The van der Waals surface area contributed by atoms with Crippen molar-refractivity contribution in [2.75, 3.05) is 18.5 Å². The van der Waals surface area contributed by atoms with Crippen molar-refractivity contribution in [2.24, 2.45) is 11.7 Å². The minimum atomic E-state index is -4.73. The van der Waals surface area contributed by atoms with Crippen LogP contribution in [0.1, 0.15) is 49.3 Å². The molecule has 1 aliphatic rings. The molecule has 48 heavy (non-hydrogen) atoms. The van der Waals surface area contributed by atoms with Gasteiger partial charge in [-0.25, -0.2) is 9.59 Å². The van der Waals surface area contributed by atoms with E-state index in [0.29, 0.717) is 0 Å². The van der Waals surface area contributed by atoms with Crippen LogP contribution in [0.15, 0.2) is 71.6 Å². The highest BCUT2D eigenvalue weighted by atomic mass is 32.2. The third-order valence-electron chi connectivity index (χ3n) is 7.95. The van der Waals surface area contributed by atoms with E-state index < -0.39 is 63.6 Å². The molecular weight excluding hydrogens is 642 g/mol. The van der Waals surface area contributed by atoms with Gasteiger partial charge < -0.3 is 36.8 Å². The van der Waals surface area contributed by atoms with Crippen LogP contribution in [-0.2, 0) is 31.1 Å². The SMILES string of the molecule is CC(C)C(NC(=O)OCC1c2ccccc2-c2ccccc21)C(=O)NC(CCCNC(N)=O)C(=O)Nc1ccc(CO)c(S(=O)(=O)O)c1. The molecule has 0 heterocycles. The molecule has 8 N–H and O–H groups in total. The van der Waals surface area contributed by atoms with Gasteiger partial charge in [-0.3, -0.25) is 14.1 Å². The van der Waals surface area contributed by atoms with Gasteiger partial charge in [-0.05, 0) is 58.7 Å². The Morgan fingerprint density at radius 1 is 0.917 bits per heavy atom. The van der Waals surface area contributed by atoms with Crippen molar-refractivity contribution in [1.82, 2.24) is 16.0 Å². The molecule has 0 saturated carbocycles. The standard InChI is InChI=1S/C33H39N5O9S/c1-19(2)29(38-33(43)47-18-26-24-10-5-3-8-22(24)23-9-4-6-11-25(23)26)31(41)37-27(12-7-15-35-32(34)42)30(40)36-21-14-13-20(17-39)28(16-21)48(44,45)46/h3-6,8-11,13-14,16,19,26-27,29,39H,7,12,15,17-18H2,1-2H3,(H,36,40)(H,37,41)(H,38,43)(H3,34,35,42)(H,44,45,46). The number of rotatable bonds is 14. The number of fused-ring (bicyclic) bond motifs is 3. The molecule has 0 aliphatic heterocycles. The molecule has 0 spiro atoms. The van der Waals surface area contributed by atoms with Crippen LogP contribution in [0, 0.1) is 5.92 Å². The van der Waals surface area contributed by atoms with Crippen LogP contribution in [0.5, 0.6) is 0 Å². The molecule has 1 aliphatic carbocycles. The Hall–Kier alpha value is -4.99. The topological polar surface area (TPSA) is 226 Å². The van der Waals surface area contributed by atoms with Crippen molar-refractivity contribution in [3.8, 4) is 11.1 Å². The van der Waals surface area contributed by atoms with Crippen LogP contribution in [0.2, 0.25) is 0 Å². The lowest BCUT2D eigenvalue weighted by Crippen LogP contribution is -2.54. The number of ether oxygens (including phenoxy) is 1. The molecule has 3 aromatic rings. The summed E-state index contributed by atoms with van der Waals surface area (Å²) in [4.78, 5) is 50.4. The number of aliphatic hydroxyl groups is 1. The number of carbonyl (C=O) groups excluding carboxylic acids is 4. The van der Waals surface area contributed by atoms with Crippen LogP contribution in [-0.4, -0.2) is 67.3 Å². The molecule has 5 amide bonds. The first-order valence-corrected chi connectivity index (χ1v) is 16.7. The van der Waals surface area contributed by atoms with Gasteiger partial charge in [0.25, 0.3) is 10.1 Å². The highest BCUT2D eigenvalue weighted by molar-refractivity contribution is 7.85. The molecule has 4 rings (SSSR count). The van der Waals surface area contributed by atoms with Gasteiger partial charge >= 0.3 is 12.1 Å². The van der Waals surface area contributed by atoms with E-state index in [1.165, 1.54) is 12.1 Å². The molecule has 0 fully saturated rings. The van der Waals surface area contributed by atoms with Crippen molar-refractivity contribution >= 4 is 39.7 Å². The number of carbonyl (C=O) groups is 4. The van der Waals surface area contributed by atoms with E-state index in [4.69, 9.17) is 10.5 Å². The monoisotopic (exact) mass is 681 g/mol. The van der Waals surface area contributed by atoms with Gasteiger partial charge in [0.1, 0.15) is 23.6 Å². The number of primary amides is 1. The second-order valence-corrected chi connectivity index (χ2v) is 13.0. The predicted octanol–water partition coefficient (Wildman–Crippen LogP) is 2.86. The van der Waals surface area contributed by atoms with Crippen LogP contribution in [0.3, 0.4) is 0 Å². The van der Waals surface area contributed by atoms with E-state index in [-0.39, 0.29) is 43.2 Å². The molecule has 0 aromatic heterocycles. The number of alkyl carbamates (subject to hydrolysis) is 1. The van der Waals surface area contributed by atoms with Crippen molar-refractivity contribution in [3.63, 3.8) is 0 Å². The molecule has 14 nitrogen and oxygen atoms in total. The number of nitrogens with two attached hydrogens (primary N) is 1. The highest BCUT2D eigenvalue weighted by Crippen LogP contribution is 2.44. The van der Waals surface area contributed by atoms with E-state index in [0.717, 1.165) is 28.3 Å². The van der Waals surface area contributed by atoms with E-state index in [1.54, 1.807) is 13.8 Å². The lowest BCUT2D eigenvalue weighted by Gasteiger charge is -2.25. The highest BCUT2D eigenvalue weighted by Gasteiger charge is 2.32. The zero-order chi connectivity index (χ0) is 35.0. The van der Waals surface area contributed by atoms with E-state index in [9.17, 15) is 37.3 Å². The maximum absolute atomic E-state index is 13.5. The van der Waals surface area contributed by atoms with Gasteiger partial charge in [-0.2, -0.15) is 8.42 Å². The number of aliphatic hydroxyl groups excluding tert-OH is 1. The third kappa shape index (κ3) is 8.87. The van der Waals surface area contributed by atoms with Gasteiger partial charge in [0, 0.05) is 18.2 Å². The zero-order valence-electron chi connectivity index (χ0n) is 26.4. The molecule has 2 unspecified atom stereocenters. The lowest BCUT2D eigenvalue weighted by molar-refractivity contribution is -0.128. The van der Waals surface area contributed by atoms with E-state index in [1.807, 2.05) is 48.5 Å². The number of hydrogen-bond donors (Lipinski definition) is 7. The molecule has 0 saturated heterocycles. The smallest absolute Gasteiger partial charge is 0.407 e. The van der Waals surface area contributed by atoms with Crippen LogP contribution < -0.4 is 27.0 Å². The van der Waals surface area contributed by atoms with Gasteiger partial charge in [0.15, 0.2) is 0 Å². The average molecular weight is 682 g/mol. The van der Waals surface area contributed by atoms with Gasteiger partial charge in [0.05, 0.1) is 6.61 Å². The number of benzene rings is 3. The second-order valence-electron chi connectivity index (χ2n) is 11.6. The third-order valence-corrected chi connectivity index (χ3v) is 8.89. The number of hydrogen-bond acceptors (Lipinski definition) is 8. The van der Waals surface area contributed by atoms with Crippen molar-refractivity contribution in [3.05, 3.63) is 83.4 Å². The molecule has 0 radical (unpaired) electrons. The molecule has 256 valence electrons. The quantitative estimate of drug-likeness (QED) is 0.0979. The summed E-state index contributed by atoms with van der Waals surface area (Å²) in [6.07, 6.45) is -0.584. The first-order valence-electron chi connectivity index (χ1n) is 15.3. The average Bonchev–Trinajstić information content (AvgIpc) is 3.36. The Labute approximate surface area is 278 Å². The van der Waals surface area contributed by atoms with Crippen molar-refractivity contribution in [1.29, 1.82) is 0 Å². The summed E-state index contributed by atoms with van der Waals surface area (Å²) in [5.74, 6) is -2.04. The summed E-state index contributed by atoms with van der Waals surface area (Å²) in [5, 5.41) is 19.6. The number of nitrogens with one attached hydrogen (secondary N) is 4. The van der Waals surface area contributed by atoms with Crippen LogP contribution in [0.25, 0.3) is 11.1 Å². The number of amides is 5. The minimum absolute atomic E-state index is 0.0213. The fourth-order valence-corrected chi connectivity index (χ4v) is 6.32. The summed E-state index contributed by atoms with van der Waals surface area (Å²) >= 11 is 0. The summed E-state index contributed by atoms with van der Waals surface area (Å²) < 4.78 is 38.8. The summed E-state index contributed by atoms with van der Waals surface area (Å²) in [7, 11) is -4.73. The normalized spacial score (nSPS) is 13.5. The first-order chi connectivity index (χ1) is 22.8. The Morgan fingerprint density at radius 3 is 2.10 bits per heavy atom. The lowest BCUT2D eigenvalue weighted by atomic mass is 9.98. The van der Waals surface area contributed by atoms with Crippen LogP contribution >= 0.6 is 0 Å². The first kappa shape index (κ1) is 35.9. The maximum atomic E-state index is 13.5. The molecule has 3 aromatic carbocycles. The zero-order valence-corrected chi connectivity index (χ0v) is 27.3. The van der Waals surface area contributed by atoms with E-state index >= 15 is 0 Å². The minimum Gasteiger partial charge on any atom is -0.449 e. The Bertz CT molecular complexity index is 1730. The number of anilines is 1. The Balaban J connectivity index is 1.45. The molecular formula is C33H39N5O9S. The van der Waals surface area contributed by atoms with E-state index in [2.05, 4.69) is 21.3 Å². The van der Waals surface area contributed by atoms with Gasteiger partial charge in [-0.1, -0.05) is 68.4 Å². The fourth-order valence-electron chi connectivity index (χ4n) is 5.58. The molecule has 0 bridgehead atoms. The number of urea groups is 1. The summed E-state index contributed by atoms with van der Waals surface area (Å²) in [5.41, 5.74) is 9.18. The summed E-state index contributed by atoms with van der Waals surface area (Å²) in [6.45, 7) is 2.87. The Kier molecular flexibility index (Phi) is 11.8. The van der Waals surface area contributed by atoms with Crippen molar-refractivity contribution < 1.29 is 42.0 Å². The maximum Gasteiger partial charge on any atom is 0.407 e. The second kappa shape index (κ2) is 15.7. The molecule has 15 heteroatoms.